The van der Waals surface area contributed by atoms with Crippen LogP contribution in [0.15, 0.2) is 60.7 Å². The quantitative estimate of drug-likeness (QED) is 0.931. The predicted molar refractivity (Wildman–Crippen MR) is 95.6 cm³/mol. The van der Waals surface area contributed by atoms with Crippen LogP contribution in [0.25, 0.3) is 0 Å². The van der Waals surface area contributed by atoms with Gasteiger partial charge in [-0.1, -0.05) is 60.7 Å². The molecule has 3 rings (SSSR count). The summed E-state index contributed by atoms with van der Waals surface area (Å²) >= 11 is 0. The van der Waals surface area contributed by atoms with Gasteiger partial charge in [-0.3, -0.25) is 0 Å². The van der Waals surface area contributed by atoms with Crippen LogP contribution < -0.4 is 0 Å². The lowest BCUT2D eigenvalue weighted by Crippen LogP contribution is -2.44. The minimum absolute atomic E-state index is 0.0163. The molecule has 1 saturated carbocycles. The van der Waals surface area contributed by atoms with Crippen molar-refractivity contribution in [1.29, 1.82) is 0 Å². The van der Waals surface area contributed by atoms with E-state index in [1.54, 1.807) is 0 Å². The van der Waals surface area contributed by atoms with Gasteiger partial charge in [0.15, 0.2) is 0 Å². The molecule has 1 fully saturated rings. The van der Waals surface area contributed by atoms with Crippen molar-refractivity contribution in [1.82, 2.24) is 4.90 Å². The van der Waals surface area contributed by atoms with Crippen molar-refractivity contribution in [3.05, 3.63) is 71.8 Å². The van der Waals surface area contributed by atoms with E-state index in [1.807, 2.05) is 0 Å². The van der Waals surface area contributed by atoms with Crippen LogP contribution in [0.3, 0.4) is 0 Å². The highest BCUT2D eigenvalue weighted by Crippen LogP contribution is 2.47. The van der Waals surface area contributed by atoms with Crippen LogP contribution in [-0.4, -0.2) is 36.8 Å². The Morgan fingerprint density at radius 2 is 1.48 bits per heavy atom. The summed E-state index contributed by atoms with van der Waals surface area (Å²) in [6, 6.07) is 21.7. The lowest BCUT2D eigenvalue weighted by molar-refractivity contribution is 0.0328. The maximum atomic E-state index is 10.5. The van der Waals surface area contributed by atoms with Crippen molar-refractivity contribution in [2.24, 2.45) is 5.92 Å². The van der Waals surface area contributed by atoms with Gasteiger partial charge >= 0.3 is 0 Å². The van der Waals surface area contributed by atoms with Gasteiger partial charge in [0.1, 0.15) is 0 Å². The first-order chi connectivity index (χ1) is 11.1. The molecule has 122 valence electrons. The fourth-order valence-corrected chi connectivity index (χ4v) is 4.18. The maximum absolute atomic E-state index is 10.5. The normalized spacial score (nSPS) is 23.8. The third-order valence-corrected chi connectivity index (χ3v) is 5.27. The number of aliphatic hydroxyl groups is 1. The zero-order chi connectivity index (χ0) is 16.3. The molecule has 2 heteroatoms. The van der Waals surface area contributed by atoms with Gasteiger partial charge < -0.3 is 10.0 Å². The fraction of sp³-hybridized carbons (Fsp3) is 0.429. The number of nitrogens with zero attached hydrogens (tertiary/aromatic N) is 1. The Hall–Kier alpha value is -1.64. The van der Waals surface area contributed by atoms with Crippen molar-refractivity contribution in [3.63, 3.8) is 0 Å². The smallest absolute Gasteiger partial charge is 0.0581 e. The molecule has 0 spiro atoms. The second-order valence-corrected chi connectivity index (χ2v) is 7.15. The van der Waals surface area contributed by atoms with Crippen LogP contribution in [0.5, 0.6) is 0 Å². The van der Waals surface area contributed by atoms with Crippen LogP contribution in [0.1, 0.15) is 30.4 Å². The van der Waals surface area contributed by atoms with E-state index in [9.17, 15) is 5.11 Å². The van der Waals surface area contributed by atoms with E-state index in [0.717, 1.165) is 25.8 Å². The summed E-state index contributed by atoms with van der Waals surface area (Å²) in [5.74, 6) is 0.305. The molecular formula is C21H27NO. The molecule has 23 heavy (non-hydrogen) atoms. The van der Waals surface area contributed by atoms with Crippen LogP contribution >= 0.6 is 0 Å². The van der Waals surface area contributed by atoms with E-state index in [4.69, 9.17) is 0 Å². The molecule has 2 nitrogen and oxygen atoms in total. The van der Waals surface area contributed by atoms with Gasteiger partial charge in [-0.15, -0.1) is 0 Å². The fourth-order valence-electron chi connectivity index (χ4n) is 4.18. The number of rotatable bonds is 4. The highest BCUT2D eigenvalue weighted by molar-refractivity contribution is 5.40. The number of aliphatic hydroxyl groups excluding tert-OH is 1. The molecular weight excluding hydrogens is 282 g/mol. The first-order valence-electron chi connectivity index (χ1n) is 8.56. The highest BCUT2D eigenvalue weighted by atomic mass is 16.3. The van der Waals surface area contributed by atoms with Crippen molar-refractivity contribution in [2.45, 2.75) is 30.8 Å². The summed E-state index contributed by atoms with van der Waals surface area (Å²) in [5.41, 5.74) is 2.77. The maximum Gasteiger partial charge on any atom is 0.0581 e. The second-order valence-electron chi connectivity index (χ2n) is 7.15. The summed E-state index contributed by atoms with van der Waals surface area (Å²) in [6.07, 6.45) is 2.67. The molecule has 1 aliphatic rings. The number of hydrogen-bond donors (Lipinski definition) is 1. The standard InChI is InChI=1S/C21H27NO/c1-22(2)16-17-15-21(14-13-20(17)23,18-9-5-3-6-10-18)19-11-7-4-8-12-19/h3-12,17,20,23H,13-16H2,1-2H3. The van der Waals surface area contributed by atoms with E-state index in [1.165, 1.54) is 11.1 Å². The molecule has 1 N–H and O–H groups in total. The van der Waals surface area contributed by atoms with E-state index in [0.29, 0.717) is 5.92 Å². The van der Waals surface area contributed by atoms with Gasteiger partial charge in [-0.25, -0.2) is 0 Å². The average molecular weight is 309 g/mol. The van der Waals surface area contributed by atoms with Gasteiger partial charge in [0, 0.05) is 12.0 Å². The molecule has 0 aliphatic heterocycles. The Labute approximate surface area is 139 Å². The summed E-state index contributed by atoms with van der Waals surface area (Å²) in [6.45, 7) is 0.933. The van der Waals surface area contributed by atoms with Gasteiger partial charge in [0.2, 0.25) is 0 Å². The second kappa shape index (κ2) is 6.86. The van der Waals surface area contributed by atoms with E-state index in [-0.39, 0.29) is 11.5 Å². The zero-order valence-corrected chi connectivity index (χ0v) is 14.2. The van der Waals surface area contributed by atoms with Gasteiger partial charge in [-0.05, 0) is 50.4 Å². The van der Waals surface area contributed by atoms with Crippen molar-refractivity contribution >= 4 is 0 Å². The Kier molecular flexibility index (Phi) is 4.84. The predicted octanol–water partition coefficient (Wildman–Crippen LogP) is 3.70. The molecule has 0 aromatic heterocycles. The molecule has 2 aromatic rings. The average Bonchev–Trinajstić information content (AvgIpc) is 2.58. The molecule has 1 aliphatic carbocycles. The summed E-state index contributed by atoms with van der Waals surface area (Å²) in [5, 5.41) is 10.5. The minimum atomic E-state index is -0.196. The van der Waals surface area contributed by atoms with Gasteiger partial charge in [0.05, 0.1) is 6.10 Å². The summed E-state index contributed by atoms with van der Waals surface area (Å²) in [7, 11) is 4.18. The van der Waals surface area contributed by atoms with E-state index in [2.05, 4.69) is 79.7 Å². The van der Waals surface area contributed by atoms with Crippen LogP contribution in [-0.2, 0) is 5.41 Å². The highest BCUT2D eigenvalue weighted by Gasteiger charge is 2.42. The Morgan fingerprint density at radius 3 is 1.96 bits per heavy atom. The third kappa shape index (κ3) is 3.34. The number of hydrogen-bond acceptors (Lipinski definition) is 2. The largest absolute Gasteiger partial charge is 0.393 e. The molecule has 0 amide bonds. The monoisotopic (exact) mass is 309 g/mol. The van der Waals surface area contributed by atoms with E-state index < -0.39 is 0 Å². The Bertz CT molecular complexity index is 569. The Balaban J connectivity index is 2.03. The Morgan fingerprint density at radius 1 is 0.957 bits per heavy atom. The number of benzene rings is 2. The first kappa shape index (κ1) is 16.2. The molecule has 0 saturated heterocycles. The molecule has 0 radical (unpaired) electrons. The van der Waals surface area contributed by atoms with Crippen molar-refractivity contribution in [2.75, 3.05) is 20.6 Å². The minimum Gasteiger partial charge on any atom is -0.393 e. The summed E-state index contributed by atoms with van der Waals surface area (Å²) in [4.78, 5) is 2.19. The SMILES string of the molecule is CN(C)CC1CC(c2ccccc2)(c2ccccc2)CCC1O. The zero-order valence-electron chi connectivity index (χ0n) is 14.2. The van der Waals surface area contributed by atoms with Gasteiger partial charge in [0.25, 0.3) is 0 Å². The van der Waals surface area contributed by atoms with Crippen molar-refractivity contribution < 1.29 is 5.11 Å². The molecule has 2 unspecified atom stereocenters. The van der Waals surface area contributed by atoms with Crippen LogP contribution in [0.4, 0.5) is 0 Å². The lowest BCUT2D eigenvalue weighted by Gasteiger charge is -2.45. The van der Waals surface area contributed by atoms with Crippen LogP contribution in [0, 0.1) is 5.92 Å². The topological polar surface area (TPSA) is 23.5 Å². The first-order valence-corrected chi connectivity index (χ1v) is 8.56. The molecule has 2 aromatic carbocycles. The van der Waals surface area contributed by atoms with E-state index >= 15 is 0 Å². The lowest BCUT2D eigenvalue weighted by atomic mass is 9.61. The molecule has 0 heterocycles. The summed E-state index contributed by atoms with van der Waals surface area (Å²) < 4.78 is 0. The molecule has 0 bridgehead atoms. The molecule has 2 atom stereocenters. The van der Waals surface area contributed by atoms with Crippen LogP contribution in [0.2, 0.25) is 0 Å². The van der Waals surface area contributed by atoms with Crippen molar-refractivity contribution in [3.8, 4) is 0 Å². The third-order valence-electron chi connectivity index (χ3n) is 5.27. The van der Waals surface area contributed by atoms with Gasteiger partial charge in [-0.2, -0.15) is 0 Å².